The summed E-state index contributed by atoms with van der Waals surface area (Å²) in [7, 11) is -4.14. The zero-order valence-corrected chi connectivity index (χ0v) is 17.5. The van der Waals surface area contributed by atoms with Crippen LogP contribution in [-0.2, 0) is 10.0 Å². The van der Waals surface area contributed by atoms with Gasteiger partial charge in [-0.2, -0.15) is 0 Å². The Morgan fingerprint density at radius 2 is 1.59 bits per heavy atom. The Kier molecular flexibility index (Phi) is 6.33. The molecule has 3 aromatic carbocycles. The Bertz CT molecular complexity index is 1190. The molecule has 0 saturated heterocycles. The highest BCUT2D eigenvalue weighted by molar-refractivity contribution is 7.92. The molecule has 0 fully saturated rings. The van der Waals surface area contributed by atoms with E-state index in [1.54, 1.807) is 0 Å². The van der Waals surface area contributed by atoms with Crippen molar-refractivity contribution in [3.8, 4) is 0 Å². The van der Waals surface area contributed by atoms with Gasteiger partial charge in [-0.25, -0.2) is 12.8 Å². The van der Waals surface area contributed by atoms with Crippen molar-refractivity contribution in [3.05, 3.63) is 87.1 Å². The predicted molar refractivity (Wildman–Crippen MR) is 113 cm³/mol. The minimum Gasteiger partial charge on any atom is -0.319 e. The fourth-order valence-electron chi connectivity index (χ4n) is 2.35. The van der Waals surface area contributed by atoms with Gasteiger partial charge < -0.3 is 5.32 Å². The van der Waals surface area contributed by atoms with E-state index < -0.39 is 21.7 Å². The first kappa shape index (κ1) is 21.4. The van der Waals surface area contributed by atoms with Crippen LogP contribution in [0.1, 0.15) is 10.4 Å². The number of nitrogens with one attached hydrogen (secondary N) is 2. The van der Waals surface area contributed by atoms with Crippen LogP contribution in [0.25, 0.3) is 0 Å². The van der Waals surface area contributed by atoms with Gasteiger partial charge in [0.25, 0.3) is 15.9 Å². The third kappa shape index (κ3) is 5.00. The molecule has 1 amide bonds. The molecule has 0 saturated carbocycles. The topological polar surface area (TPSA) is 75.3 Å². The molecule has 0 atom stereocenters. The fraction of sp³-hybridized carbons (Fsp3) is 0. The fourth-order valence-corrected chi connectivity index (χ4v) is 3.96. The Balaban J connectivity index is 1.82. The minimum atomic E-state index is -4.14. The van der Waals surface area contributed by atoms with Gasteiger partial charge in [0.1, 0.15) is 5.82 Å². The van der Waals surface area contributed by atoms with Gasteiger partial charge in [-0.15, -0.1) is 0 Å². The average Bonchev–Trinajstić information content (AvgIpc) is 2.67. The first-order chi connectivity index (χ1) is 13.7. The van der Waals surface area contributed by atoms with Gasteiger partial charge in [0.15, 0.2) is 0 Å². The molecule has 2 N–H and O–H groups in total. The number of rotatable bonds is 5. The van der Waals surface area contributed by atoms with Crippen molar-refractivity contribution in [1.82, 2.24) is 0 Å². The molecular weight excluding hydrogens is 462 g/mol. The third-order valence-electron chi connectivity index (χ3n) is 3.80. The number of carbonyl (C=O) groups is 1. The van der Waals surface area contributed by atoms with Crippen LogP contribution < -0.4 is 10.0 Å². The van der Waals surface area contributed by atoms with Crippen molar-refractivity contribution in [1.29, 1.82) is 0 Å². The molecule has 0 radical (unpaired) electrons. The van der Waals surface area contributed by atoms with Crippen LogP contribution >= 0.6 is 34.8 Å². The Morgan fingerprint density at radius 3 is 2.24 bits per heavy atom. The summed E-state index contributed by atoms with van der Waals surface area (Å²) in [5.74, 6) is -1.49. The second-order valence-electron chi connectivity index (χ2n) is 5.81. The maximum atomic E-state index is 14.4. The highest BCUT2D eigenvalue weighted by Gasteiger charge is 2.19. The number of hydrogen-bond donors (Lipinski definition) is 2. The van der Waals surface area contributed by atoms with Gasteiger partial charge in [0, 0.05) is 10.6 Å². The number of anilines is 2. The molecule has 0 heterocycles. The van der Waals surface area contributed by atoms with E-state index in [1.807, 2.05) is 0 Å². The van der Waals surface area contributed by atoms with Crippen LogP contribution in [0.3, 0.4) is 0 Å². The van der Waals surface area contributed by atoms with Crippen molar-refractivity contribution in [3.63, 3.8) is 0 Å². The molecule has 5 nitrogen and oxygen atoms in total. The maximum absolute atomic E-state index is 14.4. The third-order valence-corrected chi connectivity index (χ3v) is 6.24. The summed E-state index contributed by atoms with van der Waals surface area (Å²) in [6, 6.07) is 13.5. The van der Waals surface area contributed by atoms with Gasteiger partial charge in [-0.1, -0.05) is 40.9 Å². The van der Waals surface area contributed by atoms with Crippen molar-refractivity contribution >= 4 is 62.1 Å². The summed E-state index contributed by atoms with van der Waals surface area (Å²) in [5, 5.41) is 3.02. The lowest BCUT2D eigenvalue weighted by Crippen LogP contribution is -2.15. The SMILES string of the molecule is O=C(Nc1ccc(S(=O)(=O)Nc2cccc(Cl)c2Cl)cc1F)c1ccc(Cl)cc1. The molecule has 0 aliphatic carbocycles. The smallest absolute Gasteiger partial charge is 0.262 e. The molecule has 0 aliphatic heterocycles. The molecule has 150 valence electrons. The van der Waals surface area contributed by atoms with Gasteiger partial charge in [-0.3, -0.25) is 9.52 Å². The van der Waals surface area contributed by atoms with Gasteiger partial charge in [0.2, 0.25) is 0 Å². The van der Waals surface area contributed by atoms with E-state index in [4.69, 9.17) is 34.8 Å². The van der Waals surface area contributed by atoms with E-state index in [0.29, 0.717) is 5.02 Å². The zero-order chi connectivity index (χ0) is 21.2. The maximum Gasteiger partial charge on any atom is 0.262 e. The molecule has 29 heavy (non-hydrogen) atoms. The van der Waals surface area contributed by atoms with E-state index in [2.05, 4.69) is 10.0 Å². The van der Waals surface area contributed by atoms with Gasteiger partial charge >= 0.3 is 0 Å². The molecule has 3 rings (SSSR count). The van der Waals surface area contributed by atoms with Crippen LogP contribution in [-0.4, -0.2) is 14.3 Å². The lowest BCUT2D eigenvalue weighted by Gasteiger charge is -2.12. The first-order valence-electron chi connectivity index (χ1n) is 8.01. The van der Waals surface area contributed by atoms with Crippen LogP contribution in [0.4, 0.5) is 15.8 Å². The van der Waals surface area contributed by atoms with Crippen LogP contribution in [0.5, 0.6) is 0 Å². The summed E-state index contributed by atoms with van der Waals surface area (Å²) in [4.78, 5) is 11.8. The predicted octanol–water partition coefficient (Wildman–Crippen LogP) is 5.84. The molecule has 10 heteroatoms. The number of carbonyl (C=O) groups excluding carboxylic acids is 1. The summed E-state index contributed by atoms with van der Waals surface area (Å²) in [5.41, 5.74) is 0.146. The second-order valence-corrected chi connectivity index (χ2v) is 8.71. The molecule has 3 aromatic rings. The van der Waals surface area contributed by atoms with E-state index in [1.165, 1.54) is 42.5 Å². The van der Waals surface area contributed by atoms with E-state index in [9.17, 15) is 17.6 Å². The van der Waals surface area contributed by atoms with E-state index in [-0.39, 0.29) is 31.9 Å². The molecule has 0 aromatic heterocycles. The van der Waals surface area contributed by atoms with E-state index >= 15 is 0 Å². The molecule has 0 aliphatic rings. The number of halogens is 4. The lowest BCUT2D eigenvalue weighted by molar-refractivity contribution is 0.102. The normalized spacial score (nSPS) is 11.2. The van der Waals surface area contributed by atoms with Crippen LogP contribution in [0, 0.1) is 5.82 Å². The molecule has 0 unspecified atom stereocenters. The highest BCUT2D eigenvalue weighted by Crippen LogP contribution is 2.31. The zero-order valence-electron chi connectivity index (χ0n) is 14.4. The molecule has 0 bridgehead atoms. The summed E-state index contributed by atoms with van der Waals surface area (Å²) in [6.07, 6.45) is 0. The van der Waals surface area contributed by atoms with Gasteiger partial charge in [-0.05, 0) is 54.6 Å². The summed E-state index contributed by atoms with van der Waals surface area (Å²) < 4.78 is 41.7. The summed E-state index contributed by atoms with van der Waals surface area (Å²) in [6.45, 7) is 0. The largest absolute Gasteiger partial charge is 0.319 e. The second kappa shape index (κ2) is 8.59. The Labute approximate surface area is 181 Å². The Morgan fingerprint density at radius 1 is 0.897 bits per heavy atom. The van der Waals surface area contributed by atoms with Crippen molar-refractivity contribution in [2.24, 2.45) is 0 Å². The highest BCUT2D eigenvalue weighted by atomic mass is 35.5. The van der Waals surface area contributed by atoms with Crippen molar-refractivity contribution in [2.75, 3.05) is 10.0 Å². The van der Waals surface area contributed by atoms with Crippen molar-refractivity contribution in [2.45, 2.75) is 4.90 Å². The van der Waals surface area contributed by atoms with E-state index in [0.717, 1.165) is 18.2 Å². The monoisotopic (exact) mass is 472 g/mol. The molecular formula is C19H12Cl3FN2O3S. The number of benzene rings is 3. The number of sulfonamides is 1. The number of amides is 1. The van der Waals surface area contributed by atoms with Crippen LogP contribution in [0.15, 0.2) is 65.6 Å². The molecule has 0 spiro atoms. The van der Waals surface area contributed by atoms with Crippen LogP contribution in [0.2, 0.25) is 15.1 Å². The van der Waals surface area contributed by atoms with Gasteiger partial charge in [0.05, 0.1) is 26.3 Å². The number of hydrogen-bond acceptors (Lipinski definition) is 3. The Hall–Kier alpha value is -2.32. The average molecular weight is 474 g/mol. The first-order valence-corrected chi connectivity index (χ1v) is 10.6. The quantitative estimate of drug-likeness (QED) is 0.489. The van der Waals surface area contributed by atoms with Crippen molar-refractivity contribution < 1.29 is 17.6 Å². The standard InChI is InChI=1S/C19H12Cl3FN2O3S/c20-12-6-4-11(5-7-12)19(26)24-16-9-8-13(10-15(16)23)29(27,28)25-17-3-1-2-14(21)18(17)22/h1-10,25H,(H,24,26). The lowest BCUT2D eigenvalue weighted by atomic mass is 10.2. The minimum absolute atomic E-state index is 0.0186. The summed E-state index contributed by atoms with van der Waals surface area (Å²) >= 11 is 17.6.